The minimum absolute atomic E-state index is 0.00530. The van der Waals surface area contributed by atoms with Crippen LogP contribution in [0.3, 0.4) is 0 Å². The minimum Gasteiger partial charge on any atom is -0.493 e. The molecule has 1 aliphatic rings. The molecule has 1 N–H and O–H groups in total. The molecule has 0 unspecified atom stereocenters. The predicted molar refractivity (Wildman–Crippen MR) is 122 cm³/mol. The molecule has 0 aliphatic carbocycles. The van der Waals surface area contributed by atoms with E-state index in [2.05, 4.69) is 9.71 Å². The normalized spacial score (nSPS) is 13.0. The Balaban J connectivity index is 1.53. The number of methoxy groups -OCH3 is 3. The first-order chi connectivity index (χ1) is 16.3. The van der Waals surface area contributed by atoms with E-state index in [1.165, 1.54) is 51.8 Å². The Morgan fingerprint density at radius 2 is 1.56 bits per heavy atom. The highest BCUT2D eigenvalue weighted by Crippen LogP contribution is 2.40. The molecule has 1 aliphatic heterocycles. The zero-order valence-corrected chi connectivity index (χ0v) is 19.4. The van der Waals surface area contributed by atoms with Crippen molar-refractivity contribution in [1.82, 2.24) is 9.88 Å². The summed E-state index contributed by atoms with van der Waals surface area (Å²) >= 11 is 0. The Morgan fingerprint density at radius 1 is 0.912 bits per heavy atom. The van der Waals surface area contributed by atoms with E-state index >= 15 is 0 Å². The van der Waals surface area contributed by atoms with Gasteiger partial charge in [-0.05, 0) is 29.8 Å². The van der Waals surface area contributed by atoms with E-state index in [-0.39, 0.29) is 28.4 Å². The zero-order valence-electron chi connectivity index (χ0n) is 18.6. The fraction of sp³-hybridized carbons (Fsp3) is 0.174. The van der Waals surface area contributed by atoms with Gasteiger partial charge in [-0.25, -0.2) is 8.42 Å². The lowest BCUT2D eigenvalue weighted by Crippen LogP contribution is -2.29. The zero-order chi connectivity index (χ0) is 24.5. The predicted octanol–water partition coefficient (Wildman–Crippen LogP) is 2.70. The van der Waals surface area contributed by atoms with Gasteiger partial charge in [0.1, 0.15) is 5.69 Å². The first-order valence-electron chi connectivity index (χ1n) is 10.0. The number of anilines is 1. The summed E-state index contributed by atoms with van der Waals surface area (Å²) in [6.45, 7) is -0.00530. The Bertz CT molecular complexity index is 1310. The topological polar surface area (TPSA) is 124 Å². The third-order valence-electron chi connectivity index (χ3n) is 5.22. The minimum atomic E-state index is -3.95. The number of hydrogen-bond acceptors (Lipinski definition) is 8. The fourth-order valence-corrected chi connectivity index (χ4v) is 4.61. The number of rotatable bonds is 8. The van der Waals surface area contributed by atoms with Crippen LogP contribution in [0.4, 0.5) is 5.69 Å². The molecule has 0 saturated heterocycles. The number of imide groups is 1. The molecule has 4 rings (SSSR count). The number of fused-ring (bicyclic) bond motifs is 1. The Labute approximate surface area is 196 Å². The lowest BCUT2D eigenvalue weighted by molar-refractivity contribution is 0.0640. The quantitative estimate of drug-likeness (QED) is 0.485. The summed E-state index contributed by atoms with van der Waals surface area (Å²) < 4.78 is 44.1. The summed E-state index contributed by atoms with van der Waals surface area (Å²) in [7, 11) is 0.356. The first kappa shape index (κ1) is 23.1. The standard InChI is InChI=1S/C23H21N3O7S/c1-31-18-11-15(12-19(32-2)21(18)33-3)25-34(29,30)16-8-6-14(7-9-16)13-26-22(27)17-5-4-10-24-20(17)23(26)28/h4-12,25H,13H2,1-3H3. The third-order valence-corrected chi connectivity index (χ3v) is 6.62. The van der Waals surface area contributed by atoms with E-state index in [4.69, 9.17) is 14.2 Å². The van der Waals surface area contributed by atoms with Gasteiger partial charge in [-0.1, -0.05) is 12.1 Å². The number of ether oxygens (including phenoxy) is 3. The van der Waals surface area contributed by atoms with Crippen molar-refractivity contribution >= 4 is 27.5 Å². The molecule has 10 nitrogen and oxygen atoms in total. The maximum absolute atomic E-state index is 12.9. The molecule has 11 heteroatoms. The maximum Gasteiger partial charge on any atom is 0.280 e. The number of hydrogen-bond donors (Lipinski definition) is 1. The van der Waals surface area contributed by atoms with Gasteiger partial charge in [0.25, 0.3) is 21.8 Å². The Kier molecular flexibility index (Phi) is 6.12. The summed E-state index contributed by atoms with van der Waals surface area (Å²) in [5, 5.41) is 0. The number of nitrogens with one attached hydrogen (secondary N) is 1. The molecule has 2 amide bonds. The number of nitrogens with zero attached hydrogens (tertiary/aromatic N) is 2. The number of amides is 2. The van der Waals surface area contributed by atoms with Gasteiger partial charge >= 0.3 is 0 Å². The van der Waals surface area contributed by atoms with Crippen molar-refractivity contribution < 1.29 is 32.2 Å². The lowest BCUT2D eigenvalue weighted by atomic mass is 10.2. The second kappa shape index (κ2) is 9.02. The van der Waals surface area contributed by atoms with Crippen LogP contribution in [0.2, 0.25) is 0 Å². The molecular formula is C23H21N3O7S. The van der Waals surface area contributed by atoms with Crippen LogP contribution in [-0.2, 0) is 16.6 Å². The van der Waals surface area contributed by atoms with Crippen LogP contribution >= 0.6 is 0 Å². The average molecular weight is 484 g/mol. The largest absolute Gasteiger partial charge is 0.493 e. The van der Waals surface area contributed by atoms with Crippen LogP contribution in [0.1, 0.15) is 26.4 Å². The van der Waals surface area contributed by atoms with Gasteiger partial charge in [0, 0.05) is 18.3 Å². The van der Waals surface area contributed by atoms with Crippen LogP contribution in [0.5, 0.6) is 17.2 Å². The average Bonchev–Trinajstić information content (AvgIpc) is 3.08. The van der Waals surface area contributed by atoms with Crippen LogP contribution in [0.15, 0.2) is 59.6 Å². The number of benzene rings is 2. The van der Waals surface area contributed by atoms with Crippen molar-refractivity contribution in [1.29, 1.82) is 0 Å². The Morgan fingerprint density at radius 3 is 2.12 bits per heavy atom. The van der Waals surface area contributed by atoms with Crippen LogP contribution in [-0.4, -0.2) is 51.4 Å². The number of carbonyl (C=O) groups is 2. The summed E-state index contributed by atoms with van der Waals surface area (Å²) in [6.07, 6.45) is 1.45. The second-order valence-corrected chi connectivity index (χ2v) is 8.94. The van der Waals surface area contributed by atoms with Crippen LogP contribution in [0.25, 0.3) is 0 Å². The van der Waals surface area contributed by atoms with Gasteiger partial charge in [0.15, 0.2) is 11.5 Å². The third kappa shape index (κ3) is 4.13. The maximum atomic E-state index is 12.9. The molecular weight excluding hydrogens is 462 g/mol. The number of aromatic nitrogens is 1. The van der Waals surface area contributed by atoms with E-state index in [1.54, 1.807) is 24.3 Å². The smallest absolute Gasteiger partial charge is 0.280 e. The Hall–Kier alpha value is -4.12. The number of carbonyl (C=O) groups excluding carboxylic acids is 2. The summed E-state index contributed by atoms with van der Waals surface area (Å²) in [4.78, 5) is 30.1. The van der Waals surface area contributed by atoms with E-state index < -0.39 is 21.8 Å². The first-order valence-corrected chi connectivity index (χ1v) is 11.5. The molecule has 0 bridgehead atoms. The summed E-state index contributed by atoms with van der Waals surface area (Å²) in [6, 6.07) is 12.0. The molecule has 0 radical (unpaired) electrons. The molecule has 0 fully saturated rings. The molecule has 2 heterocycles. The van der Waals surface area contributed by atoms with E-state index in [9.17, 15) is 18.0 Å². The fourth-order valence-electron chi connectivity index (χ4n) is 3.57. The van der Waals surface area contributed by atoms with Crippen molar-refractivity contribution in [2.45, 2.75) is 11.4 Å². The second-order valence-electron chi connectivity index (χ2n) is 7.26. The van der Waals surface area contributed by atoms with Crippen molar-refractivity contribution in [3.8, 4) is 17.2 Å². The summed E-state index contributed by atoms with van der Waals surface area (Å²) in [5.74, 6) is 0.00607. The highest BCUT2D eigenvalue weighted by Gasteiger charge is 2.36. The lowest BCUT2D eigenvalue weighted by Gasteiger charge is -2.16. The molecule has 2 aromatic carbocycles. The molecule has 176 valence electrons. The van der Waals surface area contributed by atoms with Gasteiger partial charge in [-0.15, -0.1) is 0 Å². The molecule has 0 atom stereocenters. The van der Waals surface area contributed by atoms with E-state index in [1.807, 2.05) is 0 Å². The van der Waals surface area contributed by atoms with Crippen molar-refractivity contribution in [2.75, 3.05) is 26.1 Å². The molecule has 0 saturated carbocycles. The molecule has 0 spiro atoms. The SMILES string of the molecule is COc1cc(NS(=O)(=O)c2ccc(CN3C(=O)c4cccnc4C3=O)cc2)cc(OC)c1OC. The monoisotopic (exact) mass is 483 g/mol. The van der Waals surface area contributed by atoms with Crippen molar-refractivity contribution in [3.63, 3.8) is 0 Å². The van der Waals surface area contributed by atoms with Crippen molar-refractivity contribution in [3.05, 3.63) is 71.5 Å². The van der Waals surface area contributed by atoms with E-state index in [0.717, 1.165) is 4.90 Å². The number of pyridine rings is 1. The highest BCUT2D eigenvalue weighted by molar-refractivity contribution is 7.92. The van der Waals surface area contributed by atoms with Gasteiger partial charge in [0.2, 0.25) is 5.75 Å². The number of sulfonamides is 1. The molecule has 3 aromatic rings. The van der Waals surface area contributed by atoms with Crippen molar-refractivity contribution in [2.24, 2.45) is 0 Å². The van der Waals surface area contributed by atoms with Gasteiger partial charge in [-0.3, -0.25) is 24.2 Å². The molecule has 1 aromatic heterocycles. The highest BCUT2D eigenvalue weighted by atomic mass is 32.2. The van der Waals surface area contributed by atoms with Crippen LogP contribution < -0.4 is 18.9 Å². The van der Waals surface area contributed by atoms with E-state index in [0.29, 0.717) is 22.8 Å². The van der Waals surface area contributed by atoms with Gasteiger partial charge < -0.3 is 14.2 Å². The summed E-state index contributed by atoms with van der Waals surface area (Å²) in [5.41, 5.74) is 1.17. The molecule has 34 heavy (non-hydrogen) atoms. The van der Waals surface area contributed by atoms with Gasteiger partial charge in [-0.2, -0.15) is 0 Å². The van der Waals surface area contributed by atoms with Crippen LogP contribution in [0, 0.1) is 0 Å². The van der Waals surface area contributed by atoms with Gasteiger partial charge in [0.05, 0.1) is 44.0 Å².